The van der Waals surface area contributed by atoms with Crippen LogP contribution in [0, 0.1) is 5.92 Å². The molecule has 1 unspecified atom stereocenters. The Morgan fingerprint density at radius 2 is 1.90 bits per heavy atom. The minimum absolute atomic E-state index is 0.0963. The van der Waals surface area contributed by atoms with Crippen LogP contribution < -0.4 is 15.2 Å². The molecular formula is C15H26N2O3S. The monoisotopic (exact) mass is 314 g/mol. The standard InChI is InChI=1S/C15H26N2O3S/c1-11(2)6-5-7-12(3)17-21(18,19)15-9-8-13(20-4)10-14(15)16/h8-12,17H,5-7,16H2,1-4H3. The van der Waals surface area contributed by atoms with Gasteiger partial charge < -0.3 is 10.5 Å². The Bertz CT molecular complexity index is 556. The summed E-state index contributed by atoms with van der Waals surface area (Å²) in [7, 11) is -2.08. The average Bonchev–Trinajstić information content (AvgIpc) is 2.36. The highest BCUT2D eigenvalue weighted by molar-refractivity contribution is 7.89. The Hall–Kier alpha value is -1.27. The summed E-state index contributed by atoms with van der Waals surface area (Å²) < 4.78 is 32.4. The van der Waals surface area contributed by atoms with E-state index in [0.717, 1.165) is 19.3 Å². The number of nitrogens with one attached hydrogen (secondary N) is 1. The minimum Gasteiger partial charge on any atom is -0.497 e. The third kappa shape index (κ3) is 5.55. The second kappa shape index (κ2) is 7.66. The molecule has 0 saturated carbocycles. The maximum absolute atomic E-state index is 12.3. The number of methoxy groups -OCH3 is 1. The first-order chi connectivity index (χ1) is 9.76. The fourth-order valence-electron chi connectivity index (χ4n) is 2.12. The van der Waals surface area contributed by atoms with Crippen LogP contribution >= 0.6 is 0 Å². The molecule has 0 aliphatic heterocycles. The SMILES string of the molecule is COc1ccc(S(=O)(=O)NC(C)CCCC(C)C)c(N)c1. The Balaban J connectivity index is 2.73. The van der Waals surface area contributed by atoms with Gasteiger partial charge in [-0.15, -0.1) is 0 Å². The van der Waals surface area contributed by atoms with Crippen LogP contribution in [0.15, 0.2) is 23.1 Å². The first-order valence-corrected chi connectivity index (χ1v) is 8.70. The average molecular weight is 314 g/mol. The maximum atomic E-state index is 12.3. The fraction of sp³-hybridized carbons (Fsp3) is 0.600. The van der Waals surface area contributed by atoms with Gasteiger partial charge in [-0.3, -0.25) is 0 Å². The molecule has 120 valence electrons. The van der Waals surface area contributed by atoms with Gasteiger partial charge in [-0.2, -0.15) is 0 Å². The molecule has 0 bridgehead atoms. The number of anilines is 1. The predicted molar refractivity (Wildman–Crippen MR) is 85.9 cm³/mol. The molecule has 0 spiro atoms. The first-order valence-electron chi connectivity index (χ1n) is 7.22. The number of rotatable bonds is 8. The normalized spacial score (nSPS) is 13.4. The number of hydrogen-bond donors (Lipinski definition) is 2. The molecule has 1 rings (SSSR count). The molecule has 1 aromatic rings. The summed E-state index contributed by atoms with van der Waals surface area (Å²) in [5.74, 6) is 1.17. The van der Waals surface area contributed by atoms with E-state index in [0.29, 0.717) is 11.7 Å². The van der Waals surface area contributed by atoms with E-state index < -0.39 is 10.0 Å². The molecule has 1 aromatic carbocycles. The molecule has 0 amide bonds. The Morgan fingerprint density at radius 1 is 1.24 bits per heavy atom. The van der Waals surface area contributed by atoms with Crippen LogP contribution in [0.2, 0.25) is 0 Å². The van der Waals surface area contributed by atoms with Gasteiger partial charge in [0.2, 0.25) is 10.0 Å². The van der Waals surface area contributed by atoms with Gasteiger partial charge in [0, 0.05) is 12.1 Å². The van der Waals surface area contributed by atoms with Crippen LogP contribution in [0.5, 0.6) is 5.75 Å². The highest BCUT2D eigenvalue weighted by Gasteiger charge is 2.20. The summed E-state index contributed by atoms with van der Waals surface area (Å²) in [5.41, 5.74) is 5.99. The van der Waals surface area contributed by atoms with Crippen molar-refractivity contribution >= 4 is 15.7 Å². The molecule has 0 aliphatic rings. The lowest BCUT2D eigenvalue weighted by atomic mass is 10.0. The van der Waals surface area contributed by atoms with Crippen LogP contribution in [0.3, 0.4) is 0 Å². The van der Waals surface area contributed by atoms with Crippen molar-refractivity contribution in [2.24, 2.45) is 5.92 Å². The Morgan fingerprint density at radius 3 is 2.43 bits per heavy atom. The smallest absolute Gasteiger partial charge is 0.242 e. The fourth-order valence-corrected chi connectivity index (χ4v) is 3.51. The van der Waals surface area contributed by atoms with Gasteiger partial charge in [0.25, 0.3) is 0 Å². The van der Waals surface area contributed by atoms with Crippen molar-refractivity contribution < 1.29 is 13.2 Å². The molecule has 3 N–H and O–H groups in total. The summed E-state index contributed by atoms with van der Waals surface area (Å²) >= 11 is 0. The quantitative estimate of drug-likeness (QED) is 0.723. The van der Waals surface area contributed by atoms with Gasteiger partial charge in [-0.1, -0.05) is 26.7 Å². The lowest BCUT2D eigenvalue weighted by molar-refractivity contribution is 0.414. The highest BCUT2D eigenvalue weighted by atomic mass is 32.2. The zero-order valence-corrected chi connectivity index (χ0v) is 14.0. The number of benzene rings is 1. The van der Waals surface area contributed by atoms with Gasteiger partial charge in [0.1, 0.15) is 10.6 Å². The van der Waals surface area contributed by atoms with Gasteiger partial charge in [-0.25, -0.2) is 13.1 Å². The van der Waals surface area contributed by atoms with Crippen molar-refractivity contribution in [2.45, 2.75) is 51.0 Å². The summed E-state index contributed by atoms with van der Waals surface area (Å²) in [6.07, 6.45) is 2.91. The van der Waals surface area contributed by atoms with Gasteiger partial charge in [-0.05, 0) is 31.4 Å². The Kier molecular flexibility index (Phi) is 6.48. The molecule has 0 aliphatic carbocycles. The van der Waals surface area contributed by atoms with Crippen molar-refractivity contribution in [3.05, 3.63) is 18.2 Å². The first kappa shape index (κ1) is 17.8. The van der Waals surface area contributed by atoms with E-state index in [2.05, 4.69) is 18.6 Å². The van der Waals surface area contributed by atoms with Crippen molar-refractivity contribution in [1.29, 1.82) is 0 Å². The van der Waals surface area contributed by atoms with Gasteiger partial charge in [0.05, 0.1) is 12.8 Å². The largest absolute Gasteiger partial charge is 0.497 e. The van der Waals surface area contributed by atoms with E-state index in [-0.39, 0.29) is 16.6 Å². The van der Waals surface area contributed by atoms with E-state index in [9.17, 15) is 8.42 Å². The van der Waals surface area contributed by atoms with Crippen molar-refractivity contribution in [3.63, 3.8) is 0 Å². The third-order valence-corrected chi connectivity index (χ3v) is 4.94. The molecule has 0 heterocycles. The van der Waals surface area contributed by atoms with Crippen molar-refractivity contribution in [1.82, 2.24) is 4.72 Å². The molecule has 5 nitrogen and oxygen atoms in total. The van der Waals surface area contributed by atoms with Crippen LogP contribution in [0.1, 0.15) is 40.0 Å². The topological polar surface area (TPSA) is 81.4 Å². The summed E-state index contributed by atoms with van der Waals surface area (Å²) in [4.78, 5) is 0.0963. The van der Waals surface area contributed by atoms with Crippen molar-refractivity contribution in [3.8, 4) is 5.75 Å². The molecule has 1 atom stereocenters. The molecule has 0 saturated heterocycles. The second-order valence-electron chi connectivity index (χ2n) is 5.75. The van der Waals surface area contributed by atoms with Gasteiger partial charge >= 0.3 is 0 Å². The zero-order valence-electron chi connectivity index (χ0n) is 13.2. The number of nitrogens with two attached hydrogens (primary N) is 1. The Labute approximate surface area is 127 Å². The lowest BCUT2D eigenvalue weighted by Crippen LogP contribution is -2.33. The van der Waals surface area contributed by atoms with E-state index >= 15 is 0 Å². The molecular weight excluding hydrogens is 288 g/mol. The van der Waals surface area contributed by atoms with Crippen molar-refractivity contribution in [2.75, 3.05) is 12.8 Å². The number of ether oxygens (including phenoxy) is 1. The number of nitrogen functional groups attached to an aromatic ring is 1. The lowest BCUT2D eigenvalue weighted by Gasteiger charge is -2.16. The van der Waals surface area contributed by atoms with E-state index in [1.165, 1.54) is 19.2 Å². The summed E-state index contributed by atoms with van der Waals surface area (Å²) in [6, 6.07) is 4.46. The van der Waals surface area contributed by atoms with Crippen LogP contribution in [0.25, 0.3) is 0 Å². The van der Waals surface area contributed by atoms with Crippen LogP contribution in [0.4, 0.5) is 5.69 Å². The highest BCUT2D eigenvalue weighted by Crippen LogP contribution is 2.24. The van der Waals surface area contributed by atoms with E-state index in [1.807, 2.05) is 6.92 Å². The molecule has 6 heteroatoms. The second-order valence-corrected chi connectivity index (χ2v) is 7.43. The third-order valence-electron chi connectivity index (χ3n) is 3.28. The summed E-state index contributed by atoms with van der Waals surface area (Å²) in [5, 5.41) is 0. The maximum Gasteiger partial charge on any atom is 0.242 e. The zero-order chi connectivity index (χ0) is 16.0. The van der Waals surface area contributed by atoms with E-state index in [1.54, 1.807) is 6.07 Å². The minimum atomic E-state index is -3.60. The molecule has 0 fully saturated rings. The molecule has 0 aromatic heterocycles. The van der Waals surface area contributed by atoms with Crippen LogP contribution in [-0.2, 0) is 10.0 Å². The van der Waals surface area contributed by atoms with Crippen LogP contribution in [-0.4, -0.2) is 21.6 Å². The molecule has 21 heavy (non-hydrogen) atoms. The van der Waals surface area contributed by atoms with Gasteiger partial charge in [0.15, 0.2) is 0 Å². The predicted octanol–water partition coefficient (Wildman–Crippen LogP) is 2.77. The summed E-state index contributed by atoms with van der Waals surface area (Å²) in [6.45, 7) is 6.19. The van der Waals surface area contributed by atoms with E-state index in [4.69, 9.17) is 10.5 Å². The molecule has 0 radical (unpaired) electrons. The number of sulfonamides is 1. The number of hydrogen-bond acceptors (Lipinski definition) is 4.